The van der Waals surface area contributed by atoms with E-state index in [9.17, 15) is 13.9 Å². The quantitative estimate of drug-likeness (QED) is 0.760. The second-order valence-electron chi connectivity index (χ2n) is 4.11. The molecule has 0 spiro atoms. The molecule has 0 aromatic heterocycles. The Kier molecular flexibility index (Phi) is 6.18. The van der Waals surface area contributed by atoms with Crippen LogP contribution in [0.25, 0.3) is 0 Å². The summed E-state index contributed by atoms with van der Waals surface area (Å²) < 4.78 is 32.0. The number of benzene rings is 1. The molecule has 18 heavy (non-hydrogen) atoms. The molecule has 1 atom stereocenters. The van der Waals surface area contributed by atoms with Crippen molar-refractivity contribution in [3.8, 4) is 0 Å². The van der Waals surface area contributed by atoms with Gasteiger partial charge < -0.3 is 14.7 Å². The smallest absolute Gasteiger partial charge is 0.131 e. The third-order valence-corrected chi connectivity index (χ3v) is 2.64. The summed E-state index contributed by atoms with van der Waals surface area (Å²) in [6.45, 7) is 3.80. The Morgan fingerprint density at radius 1 is 1.33 bits per heavy atom. The zero-order chi connectivity index (χ0) is 13.5. The van der Waals surface area contributed by atoms with E-state index in [4.69, 9.17) is 4.74 Å². The third-order valence-electron chi connectivity index (χ3n) is 2.64. The second-order valence-corrected chi connectivity index (χ2v) is 4.11. The maximum atomic E-state index is 13.4. The first-order valence-electron chi connectivity index (χ1n) is 5.94. The molecule has 0 saturated carbocycles. The summed E-state index contributed by atoms with van der Waals surface area (Å²) in [6.07, 6.45) is -1.18. The predicted molar refractivity (Wildman–Crippen MR) is 65.3 cm³/mol. The fourth-order valence-electron chi connectivity index (χ4n) is 1.67. The molecule has 1 aromatic carbocycles. The average Bonchev–Trinajstić information content (AvgIpc) is 2.29. The van der Waals surface area contributed by atoms with Crippen LogP contribution >= 0.6 is 0 Å². The van der Waals surface area contributed by atoms with E-state index in [0.717, 1.165) is 12.1 Å². The summed E-state index contributed by atoms with van der Waals surface area (Å²) in [4.78, 5) is 1.77. The lowest BCUT2D eigenvalue weighted by atomic mass is 10.1. The normalized spacial score (nSPS) is 13.0. The lowest BCUT2D eigenvalue weighted by molar-refractivity contribution is 0.0860. The van der Waals surface area contributed by atoms with Crippen LogP contribution in [0.4, 0.5) is 8.78 Å². The van der Waals surface area contributed by atoms with Crippen LogP contribution in [0.1, 0.15) is 18.6 Å². The minimum atomic E-state index is -1.18. The molecule has 0 aliphatic rings. The van der Waals surface area contributed by atoms with Gasteiger partial charge >= 0.3 is 0 Å². The number of nitrogens with zero attached hydrogens (tertiary/aromatic N) is 1. The highest BCUT2D eigenvalue weighted by Gasteiger charge is 2.18. The van der Waals surface area contributed by atoms with Gasteiger partial charge in [-0.2, -0.15) is 0 Å². The summed E-state index contributed by atoms with van der Waals surface area (Å²) in [6, 6.07) is 3.56. The van der Waals surface area contributed by atoms with E-state index in [-0.39, 0.29) is 12.1 Å². The van der Waals surface area contributed by atoms with E-state index in [1.165, 1.54) is 6.07 Å². The Hall–Kier alpha value is -1.04. The van der Waals surface area contributed by atoms with E-state index < -0.39 is 17.7 Å². The van der Waals surface area contributed by atoms with Gasteiger partial charge in [-0.05, 0) is 26.1 Å². The molecular formula is C13H19F2NO2. The first-order chi connectivity index (χ1) is 8.56. The molecule has 102 valence electrons. The number of aliphatic hydroxyl groups excluding tert-OH is 1. The Bertz CT molecular complexity index is 354. The van der Waals surface area contributed by atoms with Crippen LogP contribution in [0.2, 0.25) is 0 Å². The highest BCUT2D eigenvalue weighted by Crippen LogP contribution is 2.21. The van der Waals surface area contributed by atoms with Gasteiger partial charge in [0.1, 0.15) is 11.6 Å². The van der Waals surface area contributed by atoms with Gasteiger partial charge in [0.15, 0.2) is 0 Å². The summed E-state index contributed by atoms with van der Waals surface area (Å²) in [5.41, 5.74) is -0.277. The zero-order valence-electron chi connectivity index (χ0n) is 10.7. The molecule has 0 heterocycles. The maximum Gasteiger partial charge on any atom is 0.131 e. The predicted octanol–water partition coefficient (Wildman–Crippen LogP) is 1.97. The van der Waals surface area contributed by atoms with Crippen molar-refractivity contribution >= 4 is 0 Å². The van der Waals surface area contributed by atoms with Crippen LogP contribution in [0, 0.1) is 11.6 Å². The summed E-state index contributed by atoms with van der Waals surface area (Å²) in [5.74, 6) is -1.44. The van der Waals surface area contributed by atoms with Crippen molar-refractivity contribution in [1.82, 2.24) is 4.90 Å². The molecule has 0 radical (unpaired) electrons. The van der Waals surface area contributed by atoms with Crippen molar-refractivity contribution in [2.45, 2.75) is 13.0 Å². The molecule has 0 saturated heterocycles. The highest BCUT2D eigenvalue weighted by molar-refractivity contribution is 5.22. The van der Waals surface area contributed by atoms with E-state index in [0.29, 0.717) is 19.8 Å². The highest BCUT2D eigenvalue weighted by atomic mass is 19.1. The van der Waals surface area contributed by atoms with Crippen LogP contribution in [0.15, 0.2) is 18.2 Å². The van der Waals surface area contributed by atoms with Gasteiger partial charge in [0, 0.05) is 19.7 Å². The monoisotopic (exact) mass is 259 g/mol. The maximum absolute atomic E-state index is 13.4. The molecule has 1 aromatic rings. The van der Waals surface area contributed by atoms with E-state index >= 15 is 0 Å². The minimum absolute atomic E-state index is 0.158. The summed E-state index contributed by atoms with van der Waals surface area (Å²) >= 11 is 0. The van der Waals surface area contributed by atoms with E-state index in [2.05, 4.69) is 0 Å². The largest absolute Gasteiger partial charge is 0.387 e. The first-order valence-corrected chi connectivity index (χ1v) is 5.94. The van der Waals surface area contributed by atoms with E-state index in [1.807, 2.05) is 6.92 Å². The third kappa shape index (κ3) is 4.33. The van der Waals surface area contributed by atoms with Crippen molar-refractivity contribution in [1.29, 1.82) is 0 Å². The molecule has 0 aliphatic heterocycles. The van der Waals surface area contributed by atoms with Crippen LogP contribution < -0.4 is 0 Å². The average molecular weight is 259 g/mol. The molecule has 1 N–H and O–H groups in total. The van der Waals surface area contributed by atoms with Crippen molar-refractivity contribution in [2.75, 3.05) is 33.4 Å². The van der Waals surface area contributed by atoms with E-state index in [1.54, 1.807) is 11.9 Å². The molecule has 3 nitrogen and oxygen atoms in total. The molecule has 1 rings (SSSR count). The van der Waals surface area contributed by atoms with Crippen molar-refractivity contribution in [3.63, 3.8) is 0 Å². The summed E-state index contributed by atoms with van der Waals surface area (Å²) in [7, 11) is 1.76. The van der Waals surface area contributed by atoms with Gasteiger partial charge in [-0.3, -0.25) is 0 Å². The zero-order valence-corrected chi connectivity index (χ0v) is 10.7. The number of rotatable bonds is 7. The van der Waals surface area contributed by atoms with Crippen LogP contribution in [0.5, 0.6) is 0 Å². The van der Waals surface area contributed by atoms with Gasteiger partial charge in [-0.15, -0.1) is 0 Å². The molecule has 1 unspecified atom stereocenters. The number of hydrogen-bond acceptors (Lipinski definition) is 3. The van der Waals surface area contributed by atoms with Crippen molar-refractivity contribution < 1.29 is 18.6 Å². The minimum Gasteiger partial charge on any atom is -0.387 e. The summed E-state index contributed by atoms with van der Waals surface area (Å²) in [5, 5.41) is 9.85. The van der Waals surface area contributed by atoms with Gasteiger partial charge in [0.25, 0.3) is 0 Å². The molecule has 0 amide bonds. The number of aliphatic hydroxyl groups is 1. The molecule has 0 fully saturated rings. The number of halogens is 2. The molecule has 5 heteroatoms. The number of likely N-dealkylation sites (N-methyl/N-ethyl adjacent to an activating group) is 1. The molecule has 0 bridgehead atoms. The topological polar surface area (TPSA) is 32.7 Å². The lowest BCUT2D eigenvalue weighted by Gasteiger charge is -2.21. The Morgan fingerprint density at radius 2 is 1.94 bits per heavy atom. The van der Waals surface area contributed by atoms with Gasteiger partial charge in [0.05, 0.1) is 18.3 Å². The second kappa shape index (κ2) is 7.41. The molecule has 0 aliphatic carbocycles. The SMILES string of the molecule is CCOCCN(C)CC(O)c1c(F)cccc1F. The standard InChI is InChI=1S/C13H19F2NO2/c1-3-18-8-7-16(2)9-12(17)13-10(14)5-4-6-11(13)15/h4-6,12,17H,3,7-9H2,1-2H3. The van der Waals surface area contributed by atoms with Crippen molar-refractivity contribution in [3.05, 3.63) is 35.4 Å². The van der Waals surface area contributed by atoms with Crippen LogP contribution in [0.3, 0.4) is 0 Å². The van der Waals surface area contributed by atoms with Crippen LogP contribution in [-0.2, 0) is 4.74 Å². The van der Waals surface area contributed by atoms with Gasteiger partial charge in [0.2, 0.25) is 0 Å². The first kappa shape index (κ1) is 15.0. The number of hydrogen-bond donors (Lipinski definition) is 1. The lowest BCUT2D eigenvalue weighted by Crippen LogP contribution is -2.28. The number of ether oxygens (including phenoxy) is 1. The Balaban J connectivity index is 2.56. The van der Waals surface area contributed by atoms with Crippen molar-refractivity contribution in [2.24, 2.45) is 0 Å². The van der Waals surface area contributed by atoms with Gasteiger partial charge in [-0.1, -0.05) is 6.07 Å². The fourth-order valence-corrected chi connectivity index (χ4v) is 1.67. The fraction of sp³-hybridized carbons (Fsp3) is 0.538. The van der Waals surface area contributed by atoms with Gasteiger partial charge in [-0.25, -0.2) is 8.78 Å². The Morgan fingerprint density at radius 3 is 2.50 bits per heavy atom. The van der Waals surface area contributed by atoms with Crippen LogP contribution in [-0.4, -0.2) is 43.4 Å². The Labute approximate surface area is 106 Å². The molecular weight excluding hydrogens is 240 g/mol.